The molecule has 1 fully saturated rings. The molecule has 1 aromatic carbocycles. The second kappa shape index (κ2) is 7.55. The Morgan fingerprint density at radius 1 is 1.36 bits per heavy atom. The Labute approximate surface area is 142 Å². The molecule has 0 radical (unpaired) electrons. The molecular weight excluding hydrogens is 370 g/mol. The summed E-state index contributed by atoms with van der Waals surface area (Å²) in [5.41, 5.74) is 5.85. The first-order chi connectivity index (χ1) is 10.5. The van der Waals surface area contributed by atoms with Gasteiger partial charge in [-0.2, -0.15) is 0 Å². The van der Waals surface area contributed by atoms with Crippen molar-refractivity contribution < 1.29 is 14.3 Å². The van der Waals surface area contributed by atoms with E-state index in [9.17, 15) is 9.59 Å². The van der Waals surface area contributed by atoms with Crippen LogP contribution in [-0.2, 0) is 9.59 Å². The highest BCUT2D eigenvalue weighted by molar-refractivity contribution is 9.10. The fourth-order valence-electron chi connectivity index (χ4n) is 1.68. The van der Waals surface area contributed by atoms with Gasteiger partial charge >= 0.3 is 0 Å². The van der Waals surface area contributed by atoms with E-state index in [1.54, 1.807) is 6.07 Å². The standard InChI is InChI=1S/C14H16BrN3O3S/c1-8-6-10(15)4-5-11(8)21-7-12(19)16-14(22)18-17-13(20)9-2-3-9/h4-6,9H,2-3,7H2,1H3,(H,17,20)(H2,16,18,19,22). The highest BCUT2D eigenvalue weighted by Gasteiger charge is 2.29. The number of halogens is 1. The maximum atomic E-state index is 11.7. The van der Waals surface area contributed by atoms with Crippen molar-refractivity contribution in [1.29, 1.82) is 0 Å². The number of nitrogens with one attached hydrogen (secondary N) is 3. The Bertz CT molecular complexity index is 605. The molecule has 0 bridgehead atoms. The van der Waals surface area contributed by atoms with E-state index in [1.807, 2.05) is 19.1 Å². The van der Waals surface area contributed by atoms with E-state index in [4.69, 9.17) is 17.0 Å². The highest BCUT2D eigenvalue weighted by atomic mass is 79.9. The number of hydrazine groups is 1. The minimum Gasteiger partial charge on any atom is -0.483 e. The zero-order chi connectivity index (χ0) is 16.1. The summed E-state index contributed by atoms with van der Waals surface area (Å²) in [6.45, 7) is 1.72. The summed E-state index contributed by atoms with van der Waals surface area (Å²) in [5, 5.41) is 2.47. The summed E-state index contributed by atoms with van der Waals surface area (Å²) in [4.78, 5) is 23.1. The van der Waals surface area contributed by atoms with Crippen molar-refractivity contribution in [2.24, 2.45) is 5.92 Å². The van der Waals surface area contributed by atoms with Gasteiger partial charge in [-0.3, -0.25) is 25.8 Å². The van der Waals surface area contributed by atoms with E-state index in [-0.39, 0.29) is 23.5 Å². The number of rotatable bonds is 4. The second-order valence-corrected chi connectivity index (χ2v) is 6.29. The van der Waals surface area contributed by atoms with E-state index in [2.05, 4.69) is 32.1 Å². The minimum absolute atomic E-state index is 0.0372. The first kappa shape index (κ1) is 16.7. The number of hydrogen-bond acceptors (Lipinski definition) is 4. The Hall–Kier alpha value is -1.67. The van der Waals surface area contributed by atoms with Gasteiger partial charge in [0.15, 0.2) is 11.7 Å². The van der Waals surface area contributed by atoms with Crippen molar-refractivity contribution in [3.63, 3.8) is 0 Å². The molecule has 0 aromatic heterocycles. The zero-order valence-corrected chi connectivity index (χ0v) is 14.3. The number of ether oxygens (including phenoxy) is 1. The van der Waals surface area contributed by atoms with Gasteiger partial charge in [-0.15, -0.1) is 0 Å². The van der Waals surface area contributed by atoms with Crippen LogP contribution in [0.1, 0.15) is 18.4 Å². The molecule has 2 rings (SSSR count). The minimum atomic E-state index is -0.402. The molecule has 8 heteroatoms. The SMILES string of the molecule is Cc1cc(Br)ccc1OCC(=O)NC(=S)NNC(=O)C1CC1. The molecule has 0 spiro atoms. The monoisotopic (exact) mass is 385 g/mol. The molecule has 1 saturated carbocycles. The lowest BCUT2D eigenvalue weighted by molar-refractivity contribution is -0.123. The fraction of sp³-hybridized carbons (Fsp3) is 0.357. The maximum absolute atomic E-state index is 11.7. The Balaban J connectivity index is 1.70. The van der Waals surface area contributed by atoms with Crippen LogP contribution in [0.25, 0.3) is 0 Å². The van der Waals surface area contributed by atoms with Gasteiger partial charge in [0.05, 0.1) is 0 Å². The summed E-state index contributed by atoms with van der Waals surface area (Å²) in [6.07, 6.45) is 1.79. The van der Waals surface area contributed by atoms with Crippen molar-refractivity contribution in [3.8, 4) is 5.75 Å². The van der Waals surface area contributed by atoms with Gasteiger partial charge in [0.2, 0.25) is 5.91 Å². The molecule has 0 saturated heterocycles. The van der Waals surface area contributed by atoms with Crippen LogP contribution in [0.5, 0.6) is 5.75 Å². The largest absolute Gasteiger partial charge is 0.483 e. The number of aryl methyl sites for hydroxylation is 1. The lowest BCUT2D eigenvalue weighted by Gasteiger charge is -2.12. The van der Waals surface area contributed by atoms with Crippen LogP contribution >= 0.6 is 28.1 Å². The lowest BCUT2D eigenvalue weighted by Crippen LogP contribution is -2.49. The molecule has 118 valence electrons. The molecule has 0 aliphatic heterocycles. The normalized spacial score (nSPS) is 13.2. The molecule has 22 heavy (non-hydrogen) atoms. The van der Waals surface area contributed by atoms with Crippen LogP contribution in [0, 0.1) is 12.8 Å². The van der Waals surface area contributed by atoms with Crippen molar-refractivity contribution in [2.75, 3.05) is 6.61 Å². The summed E-state index contributed by atoms with van der Waals surface area (Å²) < 4.78 is 6.36. The van der Waals surface area contributed by atoms with E-state index >= 15 is 0 Å². The van der Waals surface area contributed by atoms with Gasteiger partial charge in [-0.25, -0.2) is 0 Å². The highest BCUT2D eigenvalue weighted by Crippen LogP contribution is 2.28. The average Bonchev–Trinajstić information content (AvgIpc) is 3.28. The van der Waals surface area contributed by atoms with Gasteiger partial charge in [0.1, 0.15) is 5.75 Å². The van der Waals surface area contributed by atoms with E-state index in [0.717, 1.165) is 22.9 Å². The van der Waals surface area contributed by atoms with E-state index < -0.39 is 5.91 Å². The van der Waals surface area contributed by atoms with Crippen LogP contribution in [-0.4, -0.2) is 23.5 Å². The smallest absolute Gasteiger partial charge is 0.264 e. The van der Waals surface area contributed by atoms with Crippen LogP contribution in [0.2, 0.25) is 0 Å². The molecule has 6 nitrogen and oxygen atoms in total. The van der Waals surface area contributed by atoms with Crippen molar-refractivity contribution in [2.45, 2.75) is 19.8 Å². The fourth-order valence-corrected chi connectivity index (χ4v) is 2.32. The molecule has 0 unspecified atom stereocenters. The number of hydrogen-bond donors (Lipinski definition) is 3. The molecule has 1 aromatic rings. The van der Waals surface area contributed by atoms with Crippen LogP contribution < -0.4 is 20.9 Å². The maximum Gasteiger partial charge on any atom is 0.264 e. The number of amides is 2. The van der Waals surface area contributed by atoms with Crippen LogP contribution in [0.3, 0.4) is 0 Å². The second-order valence-electron chi connectivity index (χ2n) is 4.96. The van der Waals surface area contributed by atoms with Gasteiger partial charge in [-0.05, 0) is 55.7 Å². The third-order valence-corrected chi connectivity index (χ3v) is 3.69. The summed E-state index contributed by atoms with van der Waals surface area (Å²) in [6, 6.07) is 5.51. The first-order valence-corrected chi connectivity index (χ1v) is 7.94. The Kier molecular flexibility index (Phi) is 5.73. The quantitative estimate of drug-likeness (QED) is 0.541. The molecule has 1 aliphatic rings. The third-order valence-electron chi connectivity index (χ3n) is 3.00. The molecule has 0 atom stereocenters. The molecule has 0 heterocycles. The van der Waals surface area contributed by atoms with E-state index in [0.29, 0.717) is 5.75 Å². The van der Waals surface area contributed by atoms with Gasteiger partial charge in [-0.1, -0.05) is 15.9 Å². The molecule has 1 aliphatic carbocycles. The number of carbonyl (C=O) groups is 2. The van der Waals surface area contributed by atoms with Crippen molar-refractivity contribution in [1.82, 2.24) is 16.2 Å². The van der Waals surface area contributed by atoms with Gasteiger partial charge < -0.3 is 4.74 Å². The van der Waals surface area contributed by atoms with Gasteiger partial charge in [0.25, 0.3) is 5.91 Å². The predicted molar refractivity (Wildman–Crippen MR) is 89.1 cm³/mol. The van der Waals surface area contributed by atoms with Crippen LogP contribution in [0.15, 0.2) is 22.7 Å². The Morgan fingerprint density at radius 2 is 2.09 bits per heavy atom. The summed E-state index contributed by atoms with van der Waals surface area (Å²) in [7, 11) is 0. The summed E-state index contributed by atoms with van der Waals surface area (Å²) >= 11 is 8.27. The number of carbonyl (C=O) groups excluding carboxylic acids is 2. The van der Waals surface area contributed by atoms with Crippen molar-refractivity contribution >= 4 is 45.1 Å². The first-order valence-electron chi connectivity index (χ1n) is 6.74. The predicted octanol–water partition coefficient (Wildman–Crippen LogP) is 1.57. The average molecular weight is 386 g/mol. The lowest BCUT2D eigenvalue weighted by atomic mass is 10.2. The number of thiocarbonyl (C=S) groups is 1. The number of benzene rings is 1. The van der Waals surface area contributed by atoms with Crippen LogP contribution in [0.4, 0.5) is 0 Å². The van der Waals surface area contributed by atoms with E-state index in [1.165, 1.54) is 0 Å². The van der Waals surface area contributed by atoms with Crippen molar-refractivity contribution in [3.05, 3.63) is 28.2 Å². The molecular formula is C14H16BrN3O3S. The molecule has 2 amide bonds. The van der Waals surface area contributed by atoms with Gasteiger partial charge in [0, 0.05) is 10.4 Å². The molecule has 3 N–H and O–H groups in total. The zero-order valence-electron chi connectivity index (χ0n) is 11.9. The summed E-state index contributed by atoms with van der Waals surface area (Å²) in [5.74, 6) is 0.174. The topological polar surface area (TPSA) is 79.5 Å². The third kappa shape index (κ3) is 5.27. The Morgan fingerprint density at radius 3 is 2.73 bits per heavy atom.